The molecule has 1 amide bonds. The third-order valence-electron chi connectivity index (χ3n) is 6.18. The van der Waals surface area contributed by atoms with Gasteiger partial charge in [0.25, 0.3) is 5.91 Å². The first-order chi connectivity index (χ1) is 15.4. The first-order valence-corrected chi connectivity index (χ1v) is 11.9. The highest BCUT2D eigenvalue weighted by Gasteiger charge is 2.36. The fourth-order valence-electron chi connectivity index (χ4n) is 4.52. The minimum Gasteiger partial charge on any atom is -0.336 e. The maximum Gasteiger partial charge on any atom is 0.254 e. The molecule has 1 aliphatic heterocycles. The van der Waals surface area contributed by atoms with Crippen LogP contribution in [0.2, 0.25) is 0 Å². The van der Waals surface area contributed by atoms with E-state index in [1.807, 2.05) is 30.9 Å². The van der Waals surface area contributed by atoms with Crippen LogP contribution in [0.1, 0.15) is 40.6 Å². The molecular formula is C26H28F2N2OS. The zero-order chi connectivity index (χ0) is 22.7. The van der Waals surface area contributed by atoms with Crippen LogP contribution < -0.4 is 0 Å². The maximum absolute atomic E-state index is 13.5. The number of carbonyl (C=O) groups excluding carboxylic acids is 1. The van der Waals surface area contributed by atoms with Gasteiger partial charge in [0, 0.05) is 48.6 Å². The Kier molecular flexibility index (Phi) is 7.01. The van der Waals surface area contributed by atoms with Crippen molar-refractivity contribution in [3.63, 3.8) is 0 Å². The minimum atomic E-state index is -0.353. The van der Waals surface area contributed by atoms with Crippen molar-refractivity contribution in [3.8, 4) is 0 Å². The Labute approximate surface area is 192 Å². The van der Waals surface area contributed by atoms with Crippen molar-refractivity contribution in [1.29, 1.82) is 0 Å². The van der Waals surface area contributed by atoms with E-state index in [2.05, 4.69) is 22.4 Å². The SMILES string of the molecule is CC(C)N(C[C@H]1CN(Cc2cccs2)C[C@@H]1c1ccc(F)cc1)C(=O)c1ccc(F)cc1. The molecule has 0 unspecified atom stereocenters. The summed E-state index contributed by atoms with van der Waals surface area (Å²) in [5.74, 6) is -0.261. The molecule has 32 heavy (non-hydrogen) atoms. The highest BCUT2D eigenvalue weighted by atomic mass is 32.1. The van der Waals surface area contributed by atoms with Gasteiger partial charge >= 0.3 is 0 Å². The van der Waals surface area contributed by atoms with E-state index in [-0.39, 0.29) is 35.4 Å². The maximum atomic E-state index is 13.5. The lowest BCUT2D eigenvalue weighted by Gasteiger charge is -2.32. The molecule has 0 aliphatic carbocycles. The van der Waals surface area contributed by atoms with Crippen molar-refractivity contribution < 1.29 is 13.6 Å². The van der Waals surface area contributed by atoms with Crippen molar-refractivity contribution in [2.45, 2.75) is 32.4 Å². The van der Waals surface area contributed by atoms with Crippen LogP contribution in [0.3, 0.4) is 0 Å². The smallest absolute Gasteiger partial charge is 0.254 e. The highest BCUT2D eigenvalue weighted by Crippen LogP contribution is 2.35. The van der Waals surface area contributed by atoms with Crippen molar-refractivity contribution in [2.24, 2.45) is 5.92 Å². The Balaban J connectivity index is 1.56. The monoisotopic (exact) mass is 454 g/mol. The van der Waals surface area contributed by atoms with Gasteiger partial charge in [-0.2, -0.15) is 0 Å². The summed E-state index contributed by atoms with van der Waals surface area (Å²) in [7, 11) is 0. The number of hydrogen-bond donors (Lipinski definition) is 0. The van der Waals surface area contributed by atoms with E-state index >= 15 is 0 Å². The van der Waals surface area contributed by atoms with Crippen LogP contribution in [-0.4, -0.2) is 41.4 Å². The summed E-state index contributed by atoms with van der Waals surface area (Å²) in [4.78, 5) is 18.9. The molecule has 1 aliphatic rings. The van der Waals surface area contributed by atoms with Gasteiger partial charge in [-0.15, -0.1) is 11.3 Å². The van der Waals surface area contributed by atoms with Gasteiger partial charge in [0.1, 0.15) is 11.6 Å². The molecule has 1 aromatic heterocycles. The molecule has 6 heteroatoms. The van der Waals surface area contributed by atoms with Gasteiger partial charge in [0.15, 0.2) is 0 Å². The quantitative estimate of drug-likeness (QED) is 0.451. The third-order valence-corrected chi connectivity index (χ3v) is 7.04. The lowest BCUT2D eigenvalue weighted by atomic mass is 9.88. The number of likely N-dealkylation sites (tertiary alicyclic amines) is 1. The number of hydrogen-bond acceptors (Lipinski definition) is 3. The predicted octanol–water partition coefficient (Wildman–Crippen LogP) is 5.79. The first-order valence-electron chi connectivity index (χ1n) is 11.0. The van der Waals surface area contributed by atoms with Crippen LogP contribution in [0.15, 0.2) is 66.0 Å². The molecule has 0 N–H and O–H groups in total. The normalized spacial score (nSPS) is 18.9. The number of rotatable bonds is 7. The average Bonchev–Trinajstić information content (AvgIpc) is 3.42. The Bertz CT molecular complexity index is 1020. The van der Waals surface area contributed by atoms with Crippen LogP contribution in [0, 0.1) is 17.6 Å². The third kappa shape index (κ3) is 5.25. The molecule has 2 heterocycles. The van der Waals surface area contributed by atoms with E-state index in [1.54, 1.807) is 23.5 Å². The van der Waals surface area contributed by atoms with Crippen molar-refractivity contribution >= 4 is 17.2 Å². The summed E-state index contributed by atoms with van der Waals surface area (Å²) in [6.07, 6.45) is 0. The van der Waals surface area contributed by atoms with Crippen LogP contribution in [-0.2, 0) is 6.54 Å². The molecule has 1 fully saturated rings. The van der Waals surface area contributed by atoms with E-state index in [9.17, 15) is 13.6 Å². The molecule has 3 nitrogen and oxygen atoms in total. The van der Waals surface area contributed by atoms with Crippen LogP contribution >= 0.6 is 11.3 Å². The second kappa shape index (κ2) is 9.92. The summed E-state index contributed by atoms with van der Waals surface area (Å²) < 4.78 is 26.9. The Hall–Kier alpha value is -2.57. The molecule has 1 saturated heterocycles. The fraction of sp³-hybridized carbons (Fsp3) is 0.346. The van der Waals surface area contributed by atoms with E-state index in [0.717, 1.165) is 25.2 Å². The predicted molar refractivity (Wildman–Crippen MR) is 125 cm³/mol. The summed E-state index contributed by atoms with van der Waals surface area (Å²) in [6.45, 7) is 7.21. The molecule has 0 saturated carbocycles. The van der Waals surface area contributed by atoms with Crippen molar-refractivity contribution in [1.82, 2.24) is 9.80 Å². The summed E-state index contributed by atoms with van der Waals surface area (Å²) in [5, 5.41) is 2.09. The number of benzene rings is 2. The topological polar surface area (TPSA) is 23.6 Å². The van der Waals surface area contributed by atoms with Crippen LogP contribution in [0.25, 0.3) is 0 Å². The van der Waals surface area contributed by atoms with Crippen molar-refractivity contribution in [2.75, 3.05) is 19.6 Å². The second-order valence-corrected chi connectivity index (χ2v) is 9.78. The minimum absolute atomic E-state index is 0.00719. The average molecular weight is 455 g/mol. The molecule has 168 valence electrons. The Morgan fingerprint density at radius 1 is 1.03 bits per heavy atom. The van der Waals surface area contributed by atoms with E-state index in [0.29, 0.717) is 12.1 Å². The molecule has 4 rings (SSSR count). The lowest BCUT2D eigenvalue weighted by molar-refractivity contribution is 0.0668. The van der Waals surface area contributed by atoms with Gasteiger partial charge < -0.3 is 4.90 Å². The second-order valence-electron chi connectivity index (χ2n) is 8.75. The zero-order valence-electron chi connectivity index (χ0n) is 18.4. The van der Waals surface area contributed by atoms with Crippen LogP contribution in [0.5, 0.6) is 0 Å². The first kappa shape index (κ1) is 22.6. The Morgan fingerprint density at radius 2 is 1.69 bits per heavy atom. The van der Waals surface area contributed by atoms with Gasteiger partial charge in [-0.25, -0.2) is 8.78 Å². The number of carbonyl (C=O) groups is 1. The Morgan fingerprint density at radius 3 is 2.28 bits per heavy atom. The molecule has 0 spiro atoms. The summed E-state index contributed by atoms with van der Waals surface area (Å²) in [6, 6.07) is 16.7. The molecule has 0 radical (unpaired) electrons. The number of amides is 1. The van der Waals surface area contributed by atoms with Gasteiger partial charge in [-0.05, 0) is 73.2 Å². The number of thiophene rings is 1. The largest absolute Gasteiger partial charge is 0.336 e. The van der Waals surface area contributed by atoms with Gasteiger partial charge in [-0.3, -0.25) is 9.69 Å². The lowest BCUT2D eigenvalue weighted by Crippen LogP contribution is -2.42. The van der Waals surface area contributed by atoms with Crippen molar-refractivity contribution in [3.05, 3.63) is 93.7 Å². The van der Waals surface area contributed by atoms with E-state index in [4.69, 9.17) is 0 Å². The fourth-order valence-corrected chi connectivity index (χ4v) is 5.27. The molecular weight excluding hydrogens is 426 g/mol. The van der Waals surface area contributed by atoms with E-state index < -0.39 is 0 Å². The van der Waals surface area contributed by atoms with Gasteiger partial charge in [-0.1, -0.05) is 18.2 Å². The molecule has 3 aromatic rings. The summed E-state index contributed by atoms with van der Waals surface area (Å²) >= 11 is 1.75. The summed E-state index contributed by atoms with van der Waals surface area (Å²) in [5.41, 5.74) is 1.59. The van der Waals surface area contributed by atoms with Gasteiger partial charge in [0.2, 0.25) is 0 Å². The zero-order valence-corrected chi connectivity index (χ0v) is 19.2. The highest BCUT2D eigenvalue weighted by molar-refractivity contribution is 7.09. The molecule has 0 bridgehead atoms. The number of halogens is 2. The van der Waals surface area contributed by atoms with Crippen LogP contribution in [0.4, 0.5) is 8.78 Å². The standard InChI is InChI=1S/C26H28F2N2OS/c1-18(2)30(26(31)20-7-11-23(28)12-8-20)15-21-14-29(16-24-4-3-13-32-24)17-25(21)19-5-9-22(27)10-6-19/h3-13,18,21,25H,14-17H2,1-2H3/t21-,25-/m1/s1. The van der Waals surface area contributed by atoms with E-state index in [1.165, 1.54) is 29.1 Å². The van der Waals surface area contributed by atoms with Gasteiger partial charge in [0.05, 0.1) is 0 Å². The molecule has 2 atom stereocenters. The molecule has 2 aromatic carbocycles. The number of nitrogens with zero attached hydrogens (tertiary/aromatic N) is 2.